The maximum atomic E-state index is 12.2. The van der Waals surface area contributed by atoms with Gasteiger partial charge >= 0.3 is 6.09 Å². The number of piperidine rings is 1. The molecule has 0 spiro atoms. The second-order valence-corrected chi connectivity index (χ2v) is 6.33. The predicted octanol–water partition coefficient (Wildman–Crippen LogP) is 2.83. The van der Waals surface area contributed by atoms with Gasteiger partial charge in [-0.2, -0.15) is 0 Å². The smallest absolute Gasteiger partial charge is 0.409 e. The third-order valence-corrected chi connectivity index (χ3v) is 4.09. The van der Waals surface area contributed by atoms with Crippen molar-refractivity contribution in [2.24, 2.45) is 11.8 Å². The topological polar surface area (TPSA) is 59.5 Å². The van der Waals surface area contributed by atoms with Crippen molar-refractivity contribution in [3.63, 3.8) is 0 Å². The summed E-state index contributed by atoms with van der Waals surface area (Å²) in [6, 6.07) is 0. The van der Waals surface area contributed by atoms with Crippen LogP contribution in [0.4, 0.5) is 4.79 Å². The van der Waals surface area contributed by atoms with Gasteiger partial charge in [-0.05, 0) is 18.8 Å². The van der Waals surface area contributed by atoms with Gasteiger partial charge in [-0.1, -0.05) is 13.8 Å². The van der Waals surface area contributed by atoms with E-state index in [9.17, 15) is 9.59 Å². The lowest BCUT2D eigenvalue weighted by Crippen LogP contribution is -2.40. The van der Waals surface area contributed by atoms with E-state index in [1.54, 1.807) is 11.1 Å². The van der Waals surface area contributed by atoms with E-state index in [-0.39, 0.29) is 17.8 Å². The molecule has 110 valence electrons. The Hall–Kier alpha value is -1.43. The van der Waals surface area contributed by atoms with Gasteiger partial charge in [0.1, 0.15) is 0 Å². The van der Waals surface area contributed by atoms with Gasteiger partial charge in [0.25, 0.3) is 0 Å². The normalized spacial score (nSPS) is 16.4. The summed E-state index contributed by atoms with van der Waals surface area (Å²) in [7, 11) is 0. The number of hydrogen-bond donors (Lipinski definition) is 0. The lowest BCUT2D eigenvalue weighted by molar-refractivity contribution is 0.0697. The maximum absolute atomic E-state index is 12.2. The Balaban J connectivity index is 1.80. The molecule has 1 aromatic heterocycles. The van der Waals surface area contributed by atoms with Crippen molar-refractivity contribution >= 4 is 23.2 Å². The molecule has 1 saturated heterocycles. The third-order valence-electron chi connectivity index (χ3n) is 3.31. The molecule has 1 aromatic rings. The van der Waals surface area contributed by atoms with E-state index in [4.69, 9.17) is 4.74 Å². The van der Waals surface area contributed by atoms with Crippen molar-refractivity contribution in [2.45, 2.75) is 26.7 Å². The van der Waals surface area contributed by atoms with Crippen LogP contribution < -0.4 is 0 Å². The van der Waals surface area contributed by atoms with Crippen molar-refractivity contribution in [2.75, 3.05) is 19.7 Å². The zero-order valence-corrected chi connectivity index (χ0v) is 12.7. The molecule has 0 saturated carbocycles. The van der Waals surface area contributed by atoms with E-state index in [1.165, 1.54) is 11.3 Å². The summed E-state index contributed by atoms with van der Waals surface area (Å²) in [5.41, 5.74) is 0. The molecule has 2 heterocycles. The summed E-state index contributed by atoms with van der Waals surface area (Å²) in [6.07, 6.45) is 2.76. The van der Waals surface area contributed by atoms with Gasteiger partial charge in [-0.3, -0.25) is 4.79 Å². The fourth-order valence-corrected chi connectivity index (χ4v) is 2.83. The van der Waals surface area contributed by atoms with E-state index >= 15 is 0 Å². The van der Waals surface area contributed by atoms with Crippen LogP contribution in [0, 0.1) is 11.8 Å². The Kier molecular flexibility index (Phi) is 5.11. The Morgan fingerprint density at radius 2 is 2.15 bits per heavy atom. The number of ketones is 1. The minimum atomic E-state index is -0.265. The number of carbonyl (C=O) groups excluding carboxylic acids is 2. The van der Waals surface area contributed by atoms with Crippen LogP contribution in [0.25, 0.3) is 0 Å². The van der Waals surface area contributed by atoms with Crippen molar-refractivity contribution in [3.8, 4) is 0 Å². The van der Waals surface area contributed by atoms with Crippen LogP contribution in [0.1, 0.15) is 36.5 Å². The van der Waals surface area contributed by atoms with Gasteiger partial charge in [0.2, 0.25) is 0 Å². The van der Waals surface area contributed by atoms with Crippen molar-refractivity contribution in [1.82, 2.24) is 9.88 Å². The standard InChI is InChI=1S/C14H20N2O3S/c1-10(2)9-19-14(18)16-6-3-11(4-7-16)12(17)13-15-5-8-20-13/h5,8,10-11H,3-4,6-7,9H2,1-2H3. The fraction of sp³-hybridized carbons (Fsp3) is 0.643. The average molecular weight is 296 g/mol. The highest BCUT2D eigenvalue weighted by Gasteiger charge is 2.29. The third kappa shape index (κ3) is 3.79. The first-order chi connectivity index (χ1) is 9.58. The number of aromatic nitrogens is 1. The van der Waals surface area contributed by atoms with Crippen LogP contribution in [-0.4, -0.2) is 41.5 Å². The van der Waals surface area contributed by atoms with Crippen molar-refractivity contribution in [1.29, 1.82) is 0 Å². The molecule has 1 aliphatic rings. The molecule has 20 heavy (non-hydrogen) atoms. The van der Waals surface area contributed by atoms with Crippen molar-refractivity contribution < 1.29 is 14.3 Å². The SMILES string of the molecule is CC(C)COC(=O)N1CCC(C(=O)c2nccs2)CC1. The summed E-state index contributed by atoms with van der Waals surface area (Å²) in [4.78, 5) is 29.7. The molecule has 0 unspecified atom stereocenters. The van der Waals surface area contributed by atoms with Crippen LogP contribution >= 0.6 is 11.3 Å². The summed E-state index contributed by atoms with van der Waals surface area (Å²) < 4.78 is 5.20. The molecule has 0 atom stereocenters. The van der Waals surface area contributed by atoms with Crippen LogP contribution in [0.5, 0.6) is 0 Å². The Bertz CT molecular complexity index is 451. The van der Waals surface area contributed by atoms with Gasteiger partial charge < -0.3 is 9.64 Å². The largest absolute Gasteiger partial charge is 0.449 e. The molecule has 0 aromatic carbocycles. The number of rotatable bonds is 4. The minimum absolute atomic E-state index is 0.0182. The van der Waals surface area contributed by atoms with Crippen LogP contribution in [-0.2, 0) is 4.74 Å². The molecule has 0 bridgehead atoms. The average Bonchev–Trinajstić information content (AvgIpc) is 2.98. The number of hydrogen-bond acceptors (Lipinski definition) is 5. The van der Waals surface area contributed by atoms with E-state index in [2.05, 4.69) is 4.98 Å². The molecular formula is C14H20N2O3S. The van der Waals surface area contributed by atoms with Crippen molar-refractivity contribution in [3.05, 3.63) is 16.6 Å². The highest BCUT2D eigenvalue weighted by molar-refractivity contribution is 7.11. The molecule has 2 rings (SSSR count). The molecule has 5 nitrogen and oxygen atoms in total. The summed E-state index contributed by atoms with van der Waals surface area (Å²) in [5, 5.41) is 2.39. The van der Waals surface area contributed by atoms with Crippen LogP contribution in [0.15, 0.2) is 11.6 Å². The molecule has 6 heteroatoms. The van der Waals surface area contributed by atoms with Gasteiger partial charge in [0.15, 0.2) is 10.8 Å². The van der Waals surface area contributed by atoms with E-state index in [0.29, 0.717) is 43.5 Å². The molecule has 1 fully saturated rings. The lowest BCUT2D eigenvalue weighted by Gasteiger charge is -2.30. The minimum Gasteiger partial charge on any atom is -0.449 e. The number of carbonyl (C=O) groups is 2. The predicted molar refractivity (Wildman–Crippen MR) is 76.9 cm³/mol. The molecule has 1 amide bonds. The summed E-state index contributed by atoms with van der Waals surface area (Å²) in [6.45, 7) is 5.62. The number of nitrogens with zero attached hydrogens (tertiary/aromatic N) is 2. The maximum Gasteiger partial charge on any atom is 0.409 e. The molecule has 1 aliphatic heterocycles. The fourth-order valence-electron chi connectivity index (χ4n) is 2.17. The molecule has 0 radical (unpaired) electrons. The number of Topliss-reactive ketones (excluding diaryl/α,β-unsaturated/α-hetero) is 1. The van der Waals surface area contributed by atoms with Gasteiger partial charge in [0, 0.05) is 30.6 Å². The quantitative estimate of drug-likeness (QED) is 0.802. The lowest BCUT2D eigenvalue weighted by atomic mass is 9.93. The van der Waals surface area contributed by atoms with E-state index < -0.39 is 0 Å². The second-order valence-electron chi connectivity index (χ2n) is 5.43. The second kappa shape index (κ2) is 6.83. The first-order valence-corrected chi connectivity index (χ1v) is 7.81. The Labute approximate surface area is 122 Å². The van der Waals surface area contributed by atoms with E-state index in [1.807, 2.05) is 19.2 Å². The number of thiazole rings is 1. The monoisotopic (exact) mass is 296 g/mol. The van der Waals surface area contributed by atoms with Gasteiger partial charge in [-0.25, -0.2) is 9.78 Å². The van der Waals surface area contributed by atoms with Crippen LogP contribution in [0.2, 0.25) is 0 Å². The molecule has 0 aliphatic carbocycles. The zero-order chi connectivity index (χ0) is 14.5. The summed E-state index contributed by atoms with van der Waals surface area (Å²) in [5.74, 6) is 0.425. The number of ether oxygens (including phenoxy) is 1. The zero-order valence-electron chi connectivity index (χ0n) is 11.9. The first-order valence-electron chi connectivity index (χ1n) is 6.93. The van der Waals surface area contributed by atoms with Gasteiger partial charge in [0.05, 0.1) is 6.61 Å². The first kappa shape index (κ1) is 15.0. The highest BCUT2D eigenvalue weighted by Crippen LogP contribution is 2.23. The molecule has 0 N–H and O–H groups in total. The van der Waals surface area contributed by atoms with E-state index in [0.717, 1.165) is 0 Å². The Morgan fingerprint density at radius 3 is 2.70 bits per heavy atom. The van der Waals surface area contributed by atoms with Crippen LogP contribution in [0.3, 0.4) is 0 Å². The highest BCUT2D eigenvalue weighted by atomic mass is 32.1. The van der Waals surface area contributed by atoms with Gasteiger partial charge in [-0.15, -0.1) is 11.3 Å². The Morgan fingerprint density at radius 1 is 1.45 bits per heavy atom. The summed E-state index contributed by atoms with van der Waals surface area (Å²) >= 11 is 1.38. The molecular weight excluding hydrogens is 276 g/mol. The number of likely N-dealkylation sites (tertiary alicyclic amines) is 1. The number of amides is 1.